The van der Waals surface area contributed by atoms with Crippen molar-refractivity contribution < 1.29 is 22.1 Å². The topological polar surface area (TPSA) is 86.5 Å². The van der Waals surface area contributed by atoms with Gasteiger partial charge in [0, 0.05) is 40.7 Å². The van der Waals surface area contributed by atoms with Crippen LogP contribution in [0.15, 0.2) is 75.6 Å². The van der Waals surface area contributed by atoms with Gasteiger partial charge in [-0.05, 0) is 120 Å². The summed E-state index contributed by atoms with van der Waals surface area (Å²) in [6.45, 7) is 12.1. The number of fused-ring (bicyclic) bond motifs is 2. The Kier molecular flexibility index (Phi) is 8.20. The molecular weight excluding hydrogens is 492 g/mol. The van der Waals surface area contributed by atoms with E-state index in [1.807, 2.05) is 0 Å². The molecule has 2 atom stereocenters. The summed E-state index contributed by atoms with van der Waals surface area (Å²) in [6, 6.07) is 10.7. The van der Waals surface area contributed by atoms with Crippen LogP contribution < -0.4 is 4.90 Å². The Bertz CT molecular complexity index is 1360. The van der Waals surface area contributed by atoms with Crippen molar-refractivity contribution in [3.05, 3.63) is 82.5 Å². The molecule has 0 aromatic heterocycles. The molecule has 2 unspecified atom stereocenters. The van der Waals surface area contributed by atoms with E-state index in [2.05, 4.69) is 73.6 Å². The molecule has 6 nitrogen and oxygen atoms in total. The third-order valence-corrected chi connectivity index (χ3v) is 8.28. The molecule has 0 bridgehead atoms. The first-order chi connectivity index (χ1) is 17.3. The van der Waals surface area contributed by atoms with Crippen molar-refractivity contribution in [3.63, 3.8) is 0 Å². The van der Waals surface area contributed by atoms with Gasteiger partial charge >= 0.3 is 0 Å². The zero-order chi connectivity index (χ0) is 26.0. The Labute approximate surface area is 218 Å². The number of anilines is 1. The van der Waals surface area contributed by atoms with E-state index in [1.165, 1.54) is 12.1 Å². The number of rotatable bonds is 8. The molecule has 2 aromatic carbocycles. The average Bonchev–Trinajstić information content (AvgIpc) is 2.88. The second-order valence-electron chi connectivity index (χ2n) is 8.71. The maximum Gasteiger partial charge on any atom is 0.200 e. The molecule has 4 rings (SSSR count). The summed E-state index contributed by atoms with van der Waals surface area (Å²) in [5.41, 5.74) is 7.76. The Balaban J connectivity index is 2.01. The standard InChI is InChI=1S/C28H32N2O4S2/c1-5-29(6-2)21-9-12-24-19(16-21)15-20-17-22(30(7-3)8-4)10-13-25(20)28(24)26-14-11-23(35(31)32)18-27(26)36(33)34/h9-14,16-18H,5-8,15H2,1-4H3,(H-,31,32,33,34)/p-1. The van der Waals surface area contributed by atoms with Crippen molar-refractivity contribution in [3.8, 4) is 0 Å². The van der Waals surface area contributed by atoms with E-state index >= 15 is 0 Å². The third-order valence-electron chi connectivity index (χ3n) is 6.95. The minimum Gasteiger partial charge on any atom is -0.768 e. The zero-order valence-electron chi connectivity index (χ0n) is 21.1. The predicted molar refractivity (Wildman–Crippen MR) is 144 cm³/mol. The van der Waals surface area contributed by atoms with Crippen LogP contribution in [-0.4, -0.2) is 54.0 Å². The lowest BCUT2D eigenvalue weighted by Gasteiger charge is -2.30. The van der Waals surface area contributed by atoms with Gasteiger partial charge in [0.1, 0.15) is 13.1 Å². The normalized spacial score (nSPS) is 16.3. The van der Waals surface area contributed by atoms with E-state index in [0.29, 0.717) is 5.56 Å². The Morgan fingerprint density at radius 1 is 0.889 bits per heavy atom. The molecule has 2 aliphatic rings. The molecule has 8 heteroatoms. The lowest BCUT2D eigenvalue weighted by atomic mass is 9.77. The van der Waals surface area contributed by atoms with Gasteiger partial charge in [-0.25, -0.2) is 4.58 Å². The highest BCUT2D eigenvalue weighted by atomic mass is 32.2. The summed E-state index contributed by atoms with van der Waals surface area (Å²) in [5.74, 6) is 0. The van der Waals surface area contributed by atoms with Crippen LogP contribution in [0, 0.1) is 0 Å². The SMILES string of the molecule is CCN(CC)c1ccc2c(c1)CC1=CC(=[N+](CC)CC)C=CC1=C2c1ccc(S(=O)[O-])cc1S(=O)[O-]. The molecule has 2 aliphatic carbocycles. The summed E-state index contributed by atoms with van der Waals surface area (Å²) >= 11 is -5.14. The van der Waals surface area contributed by atoms with E-state index in [-0.39, 0.29) is 9.79 Å². The lowest BCUT2D eigenvalue weighted by Crippen LogP contribution is -2.23. The second-order valence-corrected chi connectivity index (χ2v) is 10.6. The number of hydrogen-bond donors (Lipinski definition) is 0. The summed E-state index contributed by atoms with van der Waals surface area (Å²) in [5, 5.41) is 0. The van der Waals surface area contributed by atoms with E-state index in [4.69, 9.17) is 0 Å². The number of benzene rings is 2. The van der Waals surface area contributed by atoms with Crippen LogP contribution in [0.25, 0.3) is 5.57 Å². The fourth-order valence-corrected chi connectivity index (χ4v) is 6.14. The van der Waals surface area contributed by atoms with Gasteiger partial charge in [0.2, 0.25) is 0 Å². The summed E-state index contributed by atoms with van der Waals surface area (Å²) in [7, 11) is 0. The molecule has 2 aromatic rings. The van der Waals surface area contributed by atoms with Gasteiger partial charge in [-0.1, -0.05) is 12.1 Å². The van der Waals surface area contributed by atoms with Crippen LogP contribution in [0.5, 0.6) is 0 Å². The maximum atomic E-state index is 12.3. The summed E-state index contributed by atoms with van der Waals surface area (Å²) in [6.07, 6.45) is 7.08. The highest BCUT2D eigenvalue weighted by Gasteiger charge is 2.28. The first-order valence-corrected chi connectivity index (χ1v) is 14.4. The van der Waals surface area contributed by atoms with Gasteiger partial charge in [0.15, 0.2) is 5.71 Å². The molecule has 190 valence electrons. The molecule has 0 fully saturated rings. The third kappa shape index (κ3) is 4.95. The van der Waals surface area contributed by atoms with Crippen molar-refractivity contribution in [2.45, 2.75) is 43.9 Å². The van der Waals surface area contributed by atoms with E-state index < -0.39 is 22.2 Å². The fourth-order valence-electron chi connectivity index (χ4n) is 5.10. The van der Waals surface area contributed by atoms with Crippen LogP contribution in [0.3, 0.4) is 0 Å². The van der Waals surface area contributed by atoms with Crippen LogP contribution in [0.4, 0.5) is 5.69 Å². The van der Waals surface area contributed by atoms with Gasteiger partial charge < -0.3 is 14.0 Å². The molecule has 0 saturated carbocycles. The monoisotopic (exact) mass is 523 g/mol. The molecule has 0 N–H and O–H groups in total. The molecular formula is C28H31N2O4S2-. The maximum absolute atomic E-state index is 12.3. The minimum atomic E-state index is -2.61. The molecule has 36 heavy (non-hydrogen) atoms. The number of nitrogens with zero attached hydrogens (tertiary/aromatic N) is 2. The first-order valence-electron chi connectivity index (χ1n) is 12.3. The van der Waals surface area contributed by atoms with Crippen LogP contribution >= 0.6 is 0 Å². The molecule has 0 aliphatic heterocycles. The molecule has 0 spiro atoms. The van der Waals surface area contributed by atoms with E-state index in [1.54, 1.807) is 6.07 Å². The highest BCUT2D eigenvalue weighted by Crippen LogP contribution is 2.43. The largest absolute Gasteiger partial charge is 0.768 e. The Morgan fingerprint density at radius 3 is 2.19 bits per heavy atom. The van der Waals surface area contributed by atoms with Crippen molar-refractivity contribution in [1.29, 1.82) is 0 Å². The molecule has 0 heterocycles. The molecule has 0 saturated heterocycles. The van der Waals surface area contributed by atoms with E-state index in [0.717, 1.165) is 71.8 Å². The minimum absolute atomic E-state index is 0.0221. The predicted octanol–water partition coefficient (Wildman–Crippen LogP) is 4.36. The molecule has 0 amide bonds. The average molecular weight is 524 g/mol. The Morgan fingerprint density at radius 2 is 1.58 bits per heavy atom. The van der Waals surface area contributed by atoms with Gasteiger partial charge in [-0.3, -0.25) is 8.42 Å². The van der Waals surface area contributed by atoms with Crippen molar-refractivity contribution in [2.24, 2.45) is 0 Å². The van der Waals surface area contributed by atoms with Crippen LogP contribution in [0.2, 0.25) is 0 Å². The quantitative estimate of drug-likeness (QED) is 0.379. The molecule has 0 radical (unpaired) electrons. The second kappa shape index (κ2) is 11.2. The van der Waals surface area contributed by atoms with Crippen LogP contribution in [-0.2, 0) is 28.6 Å². The Hall–Kier alpha value is -2.65. The van der Waals surface area contributed by atoms with Gasteiger partial charge in [-0.2, -0.15) is 0 Å². The summed E-state index contributed by atoms with van der Waals surface area (Å²) < 4.78 is 50.0. The van der Waals surface area contributed by atoms with Gasteiger partial charge in [0.25, 0.3) is 0 Å². The number of hydrogen-bond acceptors (Lipinski definition) is 5. The fraction of sp³-hybridized carbons (Fsp3) is 0.321. The zero-order valence-corrected chi connectivity index (χ0v) is 22.7. The highest BCUT2D eigenvalue weighted by molar-refractivity contribution is 7.80. The van der Waals surface area contributed by atoms with Gasteiger partial charge in [0.05, 0.1) is 0 Å². The lowest BCUT2D eigenvalue weighted by molar-refractivity contribution is -0.519. The smallest absolute Gasteiger partial charge is 0.200 e. The van der Waals surface area contributed by atoms with Gasteiger partial charge in [-0.15, -0.1) is 0 Å². The van der Waals surface area contributed by atoms with Crippen LogP contribution in [0.1, 0.15) is 44.4 Å². The van der Waals surface area contributed by atoms with Crippen molar-refractivity contribution >= 4 is 39.1 Å². The first kappa shape index (κ1) is 26.4. The van der Waals surface area contributed by atoms with E-state index in [9.17, 15) is 17.5 Å². The number of allylic oxidation sites excluding steroid dienone is 5. The summed E-state index contributed by atoms with van der Waals surface area (Å²) in [4.78, 5) is 2.22. The van der Waals surface area contributed by atoms with Crippen molar-refractivity contribution in [2.75, 3.05) is 31.1 Å². The van der Waals surface area contributed by atoms with Crippen molar-refractivity contribution in [1.82, 2.24) is 0 Å².